The highest BCUT2D eigenvalue weighted by Crippen LogP contribution is 2.25. The first-order valence-corrected chi connectivity index (χ1v) is 9.88. The van der Waals surface area contributed by atoms with Gasteiger partial charge in [0.05, 0.1) is 15.4 Å². The van der Waals surface area contributed by atoms with E-state index in [-0.39, 0.29) is 0 Å². The van der Waals surface area contributed by atoms with E-state index in [1.54, 1.807) is 24.4 Å². The fourth-order valence-corrected chi connectivity index (χ4v) is 3.36. The number of aldehydes is 1. The molecule has 0 spiro atoms. The summed E-state index contributed by atoms with van der Waals surface area (Å²) in [6.45, 7) is 2.36. The van der Waals surface area contributed by atoms with E-state index in [4.69, 9.17) is 17.3 Å². The fourth-order valence-electron chi connectivity index (χ4n) is 2.47. The summed E-state index contributed by atoms with van der Waals surface area (Å²) in [6.07, 6.45) is 4.85. The maximum atomic E-state index is 10.9. The van der Waals surface area contributed by atoms with E-state index in [2.05, 4.69) is 32.8 Å². The van der Waals surface area contributed by atoms with Crippen molar-refractivity contribution < 1.29 is 9.59 Å². The highest BCUT2D eigenvalue weighted by atomic mass is 35.5. The molecule has 148 valence electrons. The summed E-state index contributed by atoms with van der Waals surface area (Å²) in [5, 5.41) is 9.33. The molecule has 0 aliphatic carbocycles. The number of rotatable bonds is 3. The molecule has 1 atom stereocenters. The van der Waals surface area contributed by atoms with E-state index in [1.807, 2.05) is 7.05 Å². The number of nitrogens with two attached hydrogens (primary N) is 1. The lowest BCUT2D eigenvalue weighted by atomic mass is 10.1. The van der Waals surface area contributed by atoms with E-state index >= 15 is 0 Å². The fraction of sp³-hybridized carbons (Fsp3) is 0.316. The van der Waals surface area contributed by atoms with E-state index < -0.39 is 6.03 Å². The molecule has 2 aromatic rings. The number of pyridine rings is 1. The third kappa shape index (κ3) is 7.29. The van der Waals surface area contributed by atoms with E-state index in [1.165, 1.54) is 30.7 Å². The molecule has 5 N–H and O–H groups in total. The Hall–Kier alpha value is -2.44. The van der Waals surface area contributed by atoms with Gasteiger partial charge in [0.15, 0.2) is 6.29 Å². The van der Waals surface area contributed by atoms with Crippen LogP contribution in [0.5, 0.6) is 0 Å². The second kappa shape index (κ2) is 11.4. The lowest BCUT2D eigenvalue weighted by Crippen LogP contribution is -2.41. The lowest BCUT2D eigenvalue weighted by Gasteiger charge is -2.21. The molecule has 2 amide bonds. The summed E-state index contributed by atoms with van der Waals surface area (Å²) in [6, 6.07) is 4.96. The third-order valence-corrected chi connectivity index (χ3v) is 5.09. The van der Waals surface area contributed by atoms with Crippen molar-refractivity contribution in [1.29, 1.82) is 0 Å². The van der Waals surface area contributed by atoms with Crippen LogP contribution in [0.2, 0.25) is 5.15 Å². The van der Waals surface area contributed by atoms with Crippen molar-refractivity contribution in [3.63, 3.8) is 0 Å². The average Bonchev–Trinajstić information content (AvgIpc) is 3.09. The normalized spacial score (nSPS) is 15.4. The van der Waals surface area contributed by atoms with Crippen molar-refractivity contribution in [1.82, 2.24) is 15.6 Å². The number of aromatic nitrogens is 1. The molecule has 3 rings (SSSR count). The molecule has 0 bridgehead atoms. The second-order valence-electron chi connectivity index (χ2n) is 5.95. The van der Waals surface area contributed by atoms with Crippen LogP contribution in [0, 0.1) is 11.8 Å². The number of carbonyl (C=O) groups is 2. The predicted octanol–water partition coefficient (Wildman–Crippen LogP) is 2.46. The zero-order chi connectivity index (χ0) is 20.4. The summed E-state index contributed by atoms with van der Waals surface area (Å²) < 4.78 is 0. The molecule has 3 heterocycles. The minimum atomic E-state index is -0.729. The number of nitrogens with zero attached hydrogens (tertiary/aromatic N) is 1. The summed E-state index contributed by atoms with van der Waals surface area (Å²) in [7, 11) is 2.03. The highest BCUT2D eigenvalue weighted by Gasteiger charge is 2.09. The number of nitrogens with one attached hydrogen (secondary N) is 3. The molecule has 2 aromatic heterocycles. The van der Waals surface area contributed by atoms with Gasteiger partial charge >= 0.3 is 6.03 Å². The quantitative estimate of drug-likeness (QED) is 0.347. The SMILES string of the molecule is CNC1CCCNC1.NC(=O)Nc1cc(C#Cc2ccc(Cl)nc2)sc1C=O. The molecule has 0 radical (unpaired) electrons. The van der Waals surface area contributed by atoms with Crippen molar-refractivity contribution in [3.8, 4) is 11.8 Å². The number of hydrogen-bond acceptors (Lipinski definition) is 6. The lowest BCUT2D eigenvalue weighted by molar-refractivity contribution is 0.112. The zero-order valence-electron chi connectivity index (χ0n) is 15.4. The first kappa shape index (κ1) is 21.9. The van der Waals surface area contributed by atoms with Crippen molar-refractivity contribution in [2.24, 2.45) is 5.73 Å². The maximum Gasteiger partial charge on any atom is 0.316 e. The van der Waals surface area contributed by atoms with Crippen LogP contribution in [0.1, 0.15) is 33.0 Å². The van der Waals surface area contributed by atoms with E-state index in [9.17, 15) is 9.59 Å². The molecule has 0 saturated carbocycles. The van der Waals surface area contributed by atoms with Crippen molar-refractivity contribution in [3.05, 3.63) is 44.9 Å². The topological polar surface area (TPSA) is 109 Å². The number of amides is 2. The molecule has 1 aliphatic rings. The van der Waals surface area contributed by atoms with Gasteiger partial charge in [0.1, 0.15) is 5.15 Å². The number of piperidine rings is 1. The van der Waals surface area contributed by atoms with Crippen LogP contribution >= 0.6 is 22.9 Å². The van der Waals surface area contributed by atoms with E-state index in [0.717, 1.165) is 12.6 Å². The third-order valence-electron chi connectivity index (χ3n) is 3.89. The van der Waals surface area contributed by atoms with Crippen LogP contribution in [0.3, 0.4) is 0 Å². The Labute approximate surface area is 173 Å². The van der Waals surface area contributed by atoms with Gasteiger partial charge in [-0.1, -0.05) is 23.4 Å². The number of halogens is 1. The first-order valence-electron chi connectivity index (χ1n) is 8.69. The number of anilines is 1. The molecular weight excluding hydrogens is 398 g/mol. The molecule has 1 aliphatic heterocycles. The second-order valence-corrected chi connectivity index (χ2v) is 7.42. The van der Waals surface area contributed by atoms with Gasteiger partial charge in [0.2, 0.25) is 0 Å². The first-order chi connectivity index (χ1) is 13.5. The van der Waals surface area contributed by atoms with Crippen LogP contribution < -0.4 is 21.7 Å². The Morgan fingerprint density at radius 2 is 2.29 bits per heavy atom. The molecule has 28 heavy (non-hydrogen) atoms. The average molecular weight is 420 g/mol. The minimum Gasteiger partial charge on any atom is -0.351 e. The largest absolute Gasteiger partial charge is 0.351 e. The zero-order valence-corrected chi connectivity index (χ0v) is 17.0. The van der Waals surface area contributed by atoms with E-state index in [0.29, 0.717) is 32.4 Å². The Balaban J connectivity index is 0.000000292. The molecule has 7 nitrogen and oxygen atoms in total. The summed E-state index contributed by atoms with van der Waals surface area (Å²) >= 11 is 6.84. The Morgan fingerprint density at radius 3 is 2.82 bits per heavy atom. The number of likely N-dealkylation sites (N-methyl/N-ethyl adjacent to an activating group) is 1. The number of urea groups is 1. The maximum absolute atomic E-state index is 10.9. The molecule has 0 aromatic carbocycles. The van der Waals surface area contributed by atoms with Crippen LogP contribution in [0.15, 0.2) is 24.4 Å². The van der Waals surface area contributed by atoms with Crippen LogP contribution in [-0.4, -0.2) is 43.5 Å². The Bertz CT molecular complexity index is 851. The number of carbonyl (C=O) groups excluding carboxylic acids is 2. The minimum absolute atomic E-state index is 0.357. The van der Waals surface area contributed by atoms with Crippen LogP contribution in [-0.2, 0) is 0 Å². The van der Waals surface area contributed by atoms with Gasteiger partial charge in [-0.25, -0.2) is 9.78 Å². The van der Waals surface area contributed by atoms with Gasteiger partial charge in [-0.15, -0.1) is 11.3 Å². The molecule has 1 unspecified atom stereocenters. The van der Waals surface area contributed by atoms with Gasteiger partial charge in [-0.3, -0.25) is 4.79 Å². The van der Waals surface area contributed by atoms with Crippen molar-refractivity contribution >= 4 is 40.9 Å². The molecular formula is C19H22ClN5O2S. The van der Waals surface area contributed by atoms with Crippen molar-refractivity contribution in [2.75, 3.05) is 25.5 Å². The monoisotopic (exact) mass is 419 g/mol. The molecule has 1 fully saturated rings. The van der Waals surface area contributed by atoms with Crippen molar-refractivity contribution in [2.45, 2.75) is 18.9 Å². The van der Waals surface area contributed by atoms with Crippen LogP contribution in [0.25, 0.3) is 0 Å². The number of hydrogen-bond donors (Lipinski definition) is 4. The standard InChI is InChI=1S/C13H8ClN3O2S.C6H14N2/c14-12-4-2-8(6-16-12)1-3-9-5-10(17-13(15)19)11(7-18)20-9;1-7-6-3-2-4-8-5-6/h2,4-7H,(H3,15,17,19);6-8H,2-5H2,1H3. The number of primary amides is 1. The Kier molecular flexibility index (Phi) is 8.91. The smallest absolute Gasteiger partial charge is 0.316 e. The molecule has 1 saturated heterocycles. The molecule has 9 heteroatoms. The number of thiophene rings is 1. The Morgan fingerprint density at radius 1 is 1.46 bits per heavy atom. The summed E-state index contributed by atoms with van der Waals surface area (Å²) in [5.74, 6) is 5.77. The predicted molar refractivity (Wildman–Crippen MR) is 113 cm³/mol. The summed E-state index contributed by atoms with van der Waals surface area (Å²) in [4.78, 5) is 26.6. The van der Waals surface area contributed by atoms with Gasteiger partial charge < -0.3 is 21.7 Å². The van der Waals surface area contributed by atoms with Gasteiger partial charge in [-0.2, -0.15) is 0 Å². The van der Waals surface area contributed by atoms with Gasteiger partial charge in [0.25, 0.3) is 0 Å². The highest BCUT2D eigenvalue weighted by molar-refractivity contribution is 7.14. The summed E-state index contributed by atoms with van der Waals surface area (Å²) in [5.41, 5.74) is 6.07. The van der Waals surface area contributed by atoms with Gasteiger partial charge in [0, 0.05) is 24.3 Å². The van der Waals surface area contributed by atoms with Gasteiger partial charge in [-0.05, 0) is 44.6 Å². The van der Waals surface area contributed by atoms with Crippen LogP contribution in [0.4, 0.5) is 10.5 Å².